The van der Waals surface area contributed by atoms with Gasteiger partial charge in [-0.2, -0.15) is 4.98 Å². The predicted octanol–water partition coefficient (Wildman–Crippen LogP) is -0.899. The summed E-state index contributed by atoms with van der Waals surface area (Å²) in [6, 6.07) is 0. The Bertz CT molecular complexity index is 681. The molecule has 1 fully saturated rings. The number of carbonyl (C=O) groups excluding carboxylic acids is 1. The van der Waals surface area contributed by atoms with Gasteiger partial charge in [0.25, 0.3) is 5.72 Å². The van der Waals surface area contributed by atoms with Crippen molar-refractivity contribution in [2.24, 2.45) is 0 Å². The van der Waals surface area contributed by atoms with Crippen LogP contribution < -0.4 is 11.4 Å². The van der Waals surface area contributed by atoms with E-state index in [-0.39, 0.29) is 6.61 Å². The zero-order chi connectivity index (χ0) is 18.1. The van der Waals surface area contributed by atoms with Crippen molar-refractivity contribution in [3.05, 3.63) is 22.5 Å². The largest absolute Gasteiger partial charge is 0.462 e. The van der Waals surface area contributed by atoms with Gasteiger partial charge in [-0.25, -0.2) is 14.0 Å². The number of nitrogen functional groups attached to an aromatic ring is 1. The van der Waals surface area contributed by atoms with Crippen molar-refractivity contribution >= 4 is 11.8 Å². The summed E-state index contributed by atoms with van der Waals surface area (Å²) in [7, 11) is 0. The van der Waals surface area contributed by atoms with Crippen LogP contribution in [0.3, 0.4) is 0 Å². The average Bonchev–Trinajstić information content (AvgIpc) is 2.76. The van der Waals surface area contributed by atoms with Crippen molar-refractivity contribution < 1.29 is 28.9 Å². The number of anilines is 1. The Kier molecular flexibility index (Phi) is 5.21. The molecule has 0 unspecified atom stereocenters. The lowest BCUT2D eigenvalue weighted by molar-refractivity contribution is -0.200. The zero-order valence-electron chi connectivity index (χ0n) is 13.3. The van der Waals surface area contributed by atoms with E-state index < -0.39 is 47.3 Å². The number of carbonyl (C=O) groups is 1. The number of aliphatic hydroxyl groups is 2. The lowest BCUT2D eigenvalue weighted by Gasteiger charge is -2.31. The highest BCUT2D eigenvalue weighted by Crippen LogP contribution is 2.36. The Morgan fingerprint density at radius 3 is 2.79 bits per heavy atom. The number of rotatable bonds is 5. The summed E-state index contributed by atoms with van der Waals surface area (Å²) in [5.41, 5.74) is 1.66. The van der Waals surface area contributed by atoms with Crippen LogP contribution in [0, 0.1) is 5.82 Å². The normalized spacial score (nSPS) is 29.6. The van der Waals surface area contributed by atoms with Gasteiger partial charge in [0.2, 0.25) is 0 Å². The highest BCUT2D eigenvalue weighted by atomic mass is 19.1. The van der Waals surface area contributed by atoms with E-state index in [0.29, 0.717) is 17.2 Å². The van der Waals surface area contributed by atoms with Crippen molar-refractivity contribution in [2.75, 3.05) is 12.3 Å². The molecular formula is C14H20FN3O6. The van der Waals surface area contributed by atoms with E-state index >= 15 is 0 Å². The number of halogens is 1. The number of aliphatic hydroxyl groups excluding tert-OH is 2. The minimum atomic E-state index is -2.44. The van der Waals surface area contributed by atoms with Crippen molar-refractivity contribution in [3.8, 4) is 0 Å². The molecular weight excluding hydrogens is 325 g/mol. The zero-order valence-corrected chi connectivity index (χ0v) is 13.3. The minimum absolute atomic E-state index is 0.0112. The maximum absolute atomic E-state index is 13.8. The van der Waals surface area contributed by atoms with Crippen LogP contribution in [-0.2, 0) is 20.0 Å². The van der Waals surface area contributed by atoms with Gasteiger partial charge in [0.05, 0.1) is 18.9 Å². The molecule has 0 saturated carbocycles. The summed E-state index contributed by atoms with van der Waals surface area (Å²) in [5, 5.41) is 20.3. The Balaban J connectivity index is 2.55. The van der Waals surface area contributed by atoms with Gasteiger partial charge in [-0.15, -0.1) is 0 Å². The molecule has 0 aromatic carbocycles. The molecule has 1 aliphatic heterocycles. The van der Waals surface area contributed by atoms with Crippen LogP contribution in [0.2, 0.25) is 0 Å². The Labute approximate surface area is 136 Å². The summed E-state index contributed by atoms with van der Waals surface area (Å²) in [6.45, 7) is 3.28. The van der Waals surface area contributed by atoms with E-state index in [1.807, 2.05) is 6.92 Å². The number of ether oxygens (including phenoxy) is 2. The van der Waals surface area contributed by atoms with Gasteiger partial charge in [0.15, 0.2) is 11.6 Å². The van der Waals surface area contributed by atoms with Gasteiger partial charge in [-0.1, -0.05) is 13.3 Å². The molecule has 0 bridgehead atoms. The van der Waals surface area contributed by atoms with Crippen LogP contribution in [-0.4, -0.2) is 50.7 Å². The number of unbranched alkanes of at least 4 members (excludes halogenated alkanes) is 1. The quantitative estimate of drug-likeness (QED) is 0.461. The Morgan fingerprint density at radius 2 is 2.25 bits per heavy atom. The SMILES string of the molecule is CCCCOC(=O)[C@@]1(n2cc(F)c(N)nc2=O)O[C@H](C)[C@@H](O)[C@H]1O. The molecule has 1 aliphatic rings. The van der Waals surface area contributed by atoms with Crippen LogP contribution in [0.1, 0.15) is 26.7 Å². The molecule has 134 valence electrons. The minimum Gasteiger partial charge on any atom is -0.462 e. The fourth-order valence-corrected chi connectivity index (χ4v) is 2.47. The van der Waals surface area contributed by atoms with Gasteiger partial charge >= 0.3 is 11.7 Å². The van der Waals surface area contributed by atoms with Gasteiger partial charge in [0.1, 0.15) is 12.2 Å². The highest BCUT2D eigenvalue weighted by Gasteiger charge is 2.61. The number of nitrogens with two attached hydrogens (primary N) is 1. The monoisotopic (exact) mass is 345 g/mol. The molecule has 1 aromatic rings. The molecule has 10 heteroatoms. The molecule has 9 nitrogen and oxygen atoms in total. The molecule has 2 heterocycles. The highest BCUT2D eigenvalue weighted by molar-refractivity contribution is 5.78. The average molecular weight is 345 g/mol. The Morgan fingerprint density at radius 1 is 1.58 bits per heavy atom. The third-order valence-corrected chi connectivity index (χ3v) is 3.86. The first-order chi connectivity index (χ1) is 11.3. The molecule has 1 aromatic heterocycles. The van der Waals surface area contributed by atoms with Crippen LogP contribution in [0.25, 0.3) is 0 Å². The molecule has 0 radical (unpaired) electrons. The molecule has 24 heavy (non-hydrogen) atoms. The maximum atomic E-state index is 13.8. The topological polar surface area (TPSA) is 137 Å². The van der Waals surface area contributed by atoms with Crippen LogP contribution in [0.4, 0.5) is 10.2 Å². The van der Waals surface area contributed by atoms with Crippen molar-refractivity contribution in [1.82, 2.24) is 9.55 Å². The molecule has 0 amide bonds. The second-order valence-corrected chi connectivity index (χ2v) is 5.57. The summed E-state index contributed by atoms with van der Waals surface area (Å²) >= 11 is 0. The number of aromatic nitrogens is 2. The standard InChI is InChI=1S/C14H20FN3O6/c1-3-4-5-23-12(21)14(10(20)9(19)7(2)24-14)18-6-8(15)11(16)17-13(18)22/h6-7,9-10,19-20H,3-5H2,1-2H3,(H2,16,17,22)/t7-,9-,10-,14+/m1/s1. The van der Waals surface area contributed by atoms with Crippen molar-refractivity contribution in [3.63, 3.8) is 0 Å². The second kappa shape index (κ2) is 6.83. The number of hydrogen-bond donors (Lipinski definition) is 3. The first kappa shape index (κ1) is 18.3. The summed E-state index contributed by atoms with van der Waals surface area (Å²) in [4.78, 5) is 27.9. The lowest BCUT2D eigenvalue weighted by Crippen LogP contribution is -2.56. The fraction of sp³-hybridized carbons (Fsp3) is 0.643. The number of nitrogens with zero attached hydrogens (tertiary/aromatic N) is 2. The predicted molar refractivity (Wildman–Crippen MR) is 79.3 cm³/mol. The first-order valence-corrected chi connectivity index (χ1v) is 7.52. The first-order valence-electron chi connectivity index (χ1n) is 7.52. The van der Waals surface area contributed by atoms with Crippen molar-refractivity contribution in [1.29, 1.82) is 0 Å². The maximum Gasteiger partial charge on any atom is 0.363 e. The van der Waals surface area contributed by atoms with Crippen LogP contribution in [0.5, 0.6) is 0 Å². The lowest BCUT2D eigenvalue weighted by atomic mass is 10.0. The van der Waals surface area contributed by atoms with E-state index in [4.69, 9.17) is 15.2 Å². The summed E-state index contributed by atoms with van der Waals surface area (Å²) in [5.74, 6) is -2.87. The van der Waals surface area contributed by atoms with E-state index in [0.717, 1.165) is 6.42 Å². The Hall–Kier alpha value is -2.04. The number of hydrogen-bond acceptors (Lipinski definition) is 8. The van der Waals surface area contributed by atoms with E-state index in [1.54, 1.807) is 0 Å². The third kappa shape index (κ3) is 2.87. The van der Waals surface area contributed by atoms with Gasteiger partial charge in [-0.3, -0.25) is 4.57 Å². The van der Waals surface area contributed by atoms with Crippen LogP contribution >= 0.6 is 0 Å². The van der Waals surface area contributed by atoms with E-state index in [2.05, 4.69) is 4.98 Å². The molecule has 0 aliphatic carbocycles. The second-order valence-electron chi connectivity index (χ2n) is 5.57. The summed E-state index contributed by atoms with van der Waals surface area (Å²) < 4.78 is 24.6. The smallest absolute Gasteiger partial charge is 0.363 e. The van der Waals surface area contributed by atoms with E-state index in [1.165, 1.54) is 6.92 Å². The van der Waals surface area contributed by atoms with Crippen LogP contribution in [0.15, 0.2) is 11.0 Å². The van der Waals surface area contributed by atoms with Gasteiger partial charge in [-0.05, 0) is 13.3 Å². The molecule has 2 rings (SSSR count). The van der Waals surface area contributed by atoms with Gasteiger partial charge < -0.3 is 25.4 Å². The third-order valence-electron chi connectivity index (χ3n) is 3.86. The molecule has 0 spiro atoms. The fourth-order valence-electron chi connectivity index (χ4n) is 2.47. The van der Waals surface area contributed by atoms with Crippen molar-refractivity contribution in [2.45, 2.75) is 50.7 Å². The van der Waals surface area contributed by atoms with Gasteiger partial charge in [0, 0.05) is 0 Å². The number of esters is 1. The summed E-state index contributed by atoms with van der Waals surface area (Å²) in [6.07, 6.45) is -2.48. The van der Waals surface area contributed by atoms with E-state index in [9.17, 15) is 24.2 Å². The molecule has 4 N–H and O–H groups in total. The molecule has 4 atom stereocenters. The molecule has 1 saturated heterocycles.